The summed E-state index contributed by atoms with van der Waals surface area (Å²) in [7, 11) is 2.15. The van der Waals surface area contributed by atoms with Gasteiger partial charge in [0.05, 0.1) is 0 Å². The molecule has 0 bridgehead atoms. The molecule has 0 atom stereocenters. The van der Waals surface area contributed by atoms with E-state index in [2.05, 4.69) is 42.8 Å². The summed E-state index contributed by atoms with van der Waals surface area (Å²) >= 11 is 0. The molecule has 13 heavy (non-hydrogen) atoms. The first-order chi connectivity index (χ1) is 6.33. The molecular formula is C12H17N. The number of hydrogen-bond acceptors (Lipinski definition) is 1. The Morgan fingerprint density at radius 2 is 2.23 bits per heavy atom. The van der Waals surface area contributed by atoms with Gasteiger partial charge in [-0.25, -0.2) is 0 Å². The van der Waals surface area contributed by atoms with Gasteiger partial charge < -0.3 is 4.90 Å². The SMILES string of the molecule is CCN(C)CCC1=CC=CC=C=C1. The van der Waals surface area contributed by atoms with Gasteiger partial charge in [0.25, 0.3) is 0 Å². The molecule has 0 aromatic heterocycles. The number of allylic oxidation sites excluding steroid dienone is 4. The van der Waals surface area contributed by atoms with Crippen LogP contribution in [0.25, 0.3) is 0 Å². The minimum Gasteiger partial charge on any atom is -0.306 e. The monoisotopic (exact) mass is 175 g/mol. The van der Waals surface area contributed by atoms with E-state index < -0.39 is 0 Å². The van der Waals surface area contributed by atoms with Crippen molar-refractivity contribution in [2.75, 3.05) is 20.1 Å². The van der Waals surface area contributed by atoms with Gasteiger partial charge in [-0.1, -0.05) is 25.2 Å². The summed E-state index contributed by atoms with van der Waals surface area (Å²) in [5.74, 6) is 0. The highest BCUT2D eigenvalue weighted by Crippen LogP contribution is 2.06. The molecule has 1 rings (SSSR count). The van der Waals surface area contributed by atoms with Crippen LogP contribution in [0.2, 0.25) is 0 Å². The number of nitrogens with zero attached hydrogens (tertiary/aromatic N) is 1. The Bertz CT molecular complexity index is 265. The second-order valence-electron chi connectivity index (χ2n) is 3.25. The Balaban J connectivity index is 2.41. The lowest BCUT2D eigenvalue weighted by molar-refractivity contribution is 0.358. The maximum atomic E-state index is 3.12. The zero-order valence-electron chi connectivity index (χ0n) is 8.46. The van der Waals surface area contributed by atoms with E-state index in [9.17, 15) is 0 Å². The zero-order valence-corrected chi connectivity index (χ0v) is 8.46. The van der Waals surface area contributed by atoms with E-state index in [1.165, 1.54) is 5.57 Å². The first-order valence-corrected chi connectivity index (χ1v) is 4.80. The molecule has 0 aliphatic heterocycles. The van der Waals surface area contributed by atoms with Crippen molar-refractivity contribution in [1.82, 2.24) is 4.90 Å². The van der Waals surface area contributed by atoms with E-state index in [-0.39, 0.29) is 0 Å². The van der Waals surface area contributed by atoms with Crippen LogP contribution in [-0.4, -0.2) is 25.0 Å². The average Bonchev–Trinajstić information content (AvgIpc) is 2.42. The van der Waals surface area contributed by atoms with E-state index in [4.69, 9.17) is 0 Å². The van der Waals surface area contributed by atoms with Gasteiger partial charge in [0.2, 0.25) is 0 Å². The maximum absolute atomic E-state index is 3.12. The summed E-state index contributed by atoms with van der Waals surface area (Å²) in [4.78, 5) is 2.31. The van der Waals surface area contributed by atoms with Crippen LogP contribution in [0.15, 0.2) is 41.7 Å². The van der Waals surface area contributed by atoms with Crippen LogP contribution in [0.1, 0.15) is 13.3 Å². The largest absolute Gasteiger partial charge is 0.306 e. The van der Waals surface area contributed by atoms with Crippen LogP contribution in [0.3, 0.4) is 0 Å². The van der Waals surface area contributed by atoms with Gasteiger partial charge >= 0.3 is 0 Å². The van der Waals surface area contributed by atoms with Gasteiger partial charge in [0, 0.05) is 6.54 Å². The molecule has 0 aromatic carbocycles. The van der Waals surface area contributed by atoms with E-state index in [0.717, 1.165) is 19.5 Å². The Morgan fingerprint density at radius 1 is 1.38 bits per heavy atom. The van der Waals surface area contributed by atoms with Crippen LogP contribution >= 0.6 is 0 Å². The second kappa shape index (κ2) is 5.58. The molecule has 1 nitrogen and oxygen atoms in total. The Kier molecular flexibility index (Phi) is 4.31. The predicted octanol–water partition coefficient (Wildman–Crippen LogP) is 2.54. The lowest BCUT2D eigenvalue weighted by Gasteiger charge is -2.13. The van der Waals surface area contributed by atoms with Gasteiger partial charge in [-0.3, -0.25) is 0 Å². The maximum Gasteiger partial charge on any atom is 0.00189 e. The fourth-order valence-corrected chi connectivity index (χ4v) is 1.13. The average molecular weight is 175 g/mol. The summed E-state index contributed by atoms with van der Waals surface area (Å²) < 4.78 is 0. The van der Waals surface area contributed by atoms with Crippen molar-refractivity contribution >= 4 is 0 Å². The molecule has 0 aromatic rings. The summed E-state index contributed by atoms with van der Waals surface area (Å²) in [5, 5.41) is 0. The summed E-state index contributed by atoms with van der Waals surface area (Å²) in [6.07, 6.45) is 11.3. The molecule has 70 valence electrons. The van der Waals surface area contributed by atoms with Crippen LogP contribution in [0, 0.1) is 0 Å². The molecule has 0 saturated heterocycles. The number of hydrogen-bond donors (Lipinski definition) is 0. The fraction of sp³-hybridized carbons (Fsp3) is 0.417. The second-order valence-corrected chi connectivity index (χ2v) is 3.25. The van der Waals surface area contributed by atoms with Crippen LogP contribution in [0.4, 0.5) is 0 Å². The van der Waals surface area contributed by atoms with Crippen molar-refractivity contribution in [3.63, 3.8) is 0 Å². The third-order valence-corrected chi connectivity index (χ3v) is 2.20. The van der Waals surface area contributed by atoms with E-state index in [0.29, 0.717) is 0 Å². The minimum absolute atomic E-state index is 1.11. The van der Waals surface area contributed by atoms with Gasteiger partial charge in [0.15, 0.2) is 0 Å². The van der Waals surface area contributed by atoms with Crippen molar-refractivity contribution in [2.24, 2.45) is 0 Å². The van der Waals surface area contributed by atoms with Gasteiger partial charge in [-0.05, 0) is 37.7 Å². The van der Waals surface area contributed by atoms with E-state index >= 15 is 0 Å². The minimum atomic E-state index is 1.11. The zero-order chi connectivity index (χ0) is 9.52. The third-order valence-electron chi connectivity index (χ3n) is 2.20. The molecule has 0 heterocycles. The lowest BCUT2D eigenvalue weighted by Crippen LogP contribution is -2.18. The lowest BCUT2D eigenvalue weighted by atomic mass is 10.1. The Hall–Kier alpha value is -1.04. The molecule has 0 unspecified atom stereocenters. The summed E-state index contributed by atoms with van der Waals surface area (Å²) in [6.45, 7) is 4.41. The standard InChI is InChI=1S/C12H17N/c1-3-13(2)11-10-12-8-6-4-5-7-9-12/h4-6,8-9H,3,10-11H2,1-2H3. The van der Waals surface area contributed by atoms with Crippen molar-refractivity contribution in [3.8, 4) is 0 Å². The van der Waals surface area contributed by atoms with E-state index in [1.807, 2.05) is 12.2 Å². The molecule has 1 aliphatic carbocycles. The fourth-order valence-electron chi connectivity index (χ4n) is 1.13. The van der Waals surface area contributed by atoms with Crippen molar-refractivity contribution in [2.45, 2.75) is 13.3 Å². The van der Waals surface area contributed by atoms with Gasteiger partial charge in [-0.15, -0.1) is 5.73 Å². The summed E-state index contributed by atoms with van der Waals surface area (Å²) in [6, 6.07) is 0. The van der Waals surface area contributed by atoms with Crippen molar-refractivity contribution < 1.29 is 0 Å². The van der Waals surface area contributed by atoms with Gasteiger partial charge in [-0.2, -0.15) is 0 Å². The summed E-state index contributed by atoms with van der Waals surface area (Å²) in [5.41, 5.74) is 4.47. The van der Waals surface area contributed by atoms with Crippen molar-refractivity contribution in [3.05, 3.63) is 41.7 Å². The molecule has 0 N–H and O–H groups in total. The highest BCUT2D eigenvalue weighted by atomic mass is 15.1. The van der Waals surface area contributed by atoms with Crippen LogP contribution in [-0.2, 0) is 0 Å². The quantitative estimate of drug-likeness (QED) is 0.593. The molecule has 0 radical (unpaired) electrons. The van der Waals surface area contributed by atoms with Crippen LogP contribution in [0.5, 0.6) is 0 Å². The third kappa shape index (κ3) is 3.93. The Morgan fingerprint density at radius 3 is 3.00 bits per heavy atom. The molecule has 0 amide bonds. The predicted molar refractivity (Wildman–Crippen MR) is 57.7 cm³/mol. The normalized spacial score (nSPS) is 14.8. The van der Waals surface area contributed by atoms with E-state index in [1.54, 1.807) is 0 Å². The smallest absolute Gasteiger partial charge is 0.00189 e. The highest BCUT2D eigenvalue weighted by molar-refractivity contribution is 5.28. The molecular weight excluding hydrogens is 158 g/mol. The first-order valence-electron chi connectivity index (χ1n) is 4.80. The number of rotatable bonds is 4. The Labute approximate surface area is 80.7 Å². The molecule has 1 aliphatic rings. The molecule has 1 heteroatoms. The topological polar surface area (TPSA) is 3.24 Å². The first kappa shape index (κ1) is 10.0. The highest BCUT2D eigenvalue weighted by Gasteiger charge is 1.96. The molecule has 0 spiro atoms. The molecule has 0 fully saturated rings. The molecule has 0 saturated carbocycles. The van der Waals surface area contributed by atoms with Crippen LogP contribution < -0.4 is 0 Å². The van der Waals surface area contributed by atoms with Gasteiger partial charge in [0.1, 0.15) is 0 Å². The van der Waals surface area contributed by atoms with Crippen molar-refractivity contribution in [1.29, 1.82) is 0 Å².